The van der Waals surface area contributed by atoms with Gasteiger partial charge in [0.1, 0.15) is 11.5 Å². The van der Waals surface area contributed by atoms with E-state index in [0.29, 0.717) is 13.0 Å². The molecule has 2 aromatic rings. The Morgan fingerprint density at radius 2 is 1.96 bits per heavy atom. The van der Waals surface area contributed by atoms with E-state index in [1.54, 1.807) is 12.4 Å². The number of amides is 1. The molecule has 0 spiro atoms. The number of pyridine rings is 1. The van der Waals surface area contributed by atoms with Gasteiger partial charge in [0.2, 0.25) is 5.91 Å². The van der Waals surface area contributed by atoms with Gasteiger partial charge in [-0.15, -0.1) is 0 Å². The van der Waals surface area contributed by atoms with Crippen molar-refractivity contribution < 1.29 is 9.21 Å². The van der Waals surface area contributed by atoms with Crippen LogP contribution in [0, 0.1) is 6.92 Å². The molecular weight excluding hydrogens is 314 g/mol. The number of furan rings is 1. The summed E-state index contributed by atoms with van der Waals surface area (Å²) in [7, 11) is 0. The number of hydrogen-bond donors (Lipinski definition) is 1. The van der Waals surface area contributed by atoms with E-state index in [4.69, 9.17) is 4.42 Å². The molecule has 2 aromatic heterocycles. The summed E-state index contributed by atoms with van der Waals surface area (Å²) < 4.78 is 5.84. The van der Waals surface area contributed by atoms with E-state index in [2.05, 4.69) is 22.1 Å². The van der Waals surface area contributed by atoms with Gasteiger partial charge in [-0.25, -0.2) is 0 Å². The lowest BCUT2D eigenvalue weighted by molar-refractivity contribution is -0.121. The second kappa shape index (κ2) is 8.30. The quantitative estimate of drug-likeness (QED) is 0.838. The van der Waals surface area contributed by atoms with Crippen molar-refractivity contribution in [1.29, 1.82) is 0 Å². The summed E-state index contributed by atoms with van der Waals surface area (Å²) in [5.41, 5.74) is 1.14. The molecule has 0 aromatic carbocycles. The fourth-order valence-electron chi connectivity index (χ4n) is 3.47. The first kappa shape index (κ1) is 17.7. The summed E-state index contributed by atoms with van der Waals surface area (Å²) in [6.45, 7) is 6.75. The Morgan fingerprint density at radius 1 is 1.24 bits per heavy atom. The largest absolute Gasteiger partial charge is 0.465 e. The summed E-state index contributed by atoms with van der Waals surface area (Å²) in [4.78, 5) is 18.8. The highest BCUT2D eigenvalue weighted by atomic mass is 16.3. The predicted octanol–water partition coefficient (Wildman–Crippen LogP) is 3.43. The molecule has 1 fully saturated rings. The van der Waals surface area contributed by atoms with E-state index in [1.807, 2.05) is 31.2 Å². The van der Waals surface area contributed by atoms with Crippen LogP contribution in [0.1, 0.15) is 55.2 Å². The molecule has 1 amide bonds. The Morgan fingerprint density at radius 3 is 2.60 bits per heavy atom. The van der Waals surface area contributed by atoms with E-state index in [-0.39, 0.29) is 17.9 Å². The molecule has 0 bridgehead atoms. The minimum Gasteiger partial charge on any atom is -0.465 e. The predicted molar refractivity (Wildman–Crippen MR) is 97.3 cm³/mol. The molecular formula is C20H27N3O2. The molecule has 1 saturated heterocycles. The van der Waals surface area contributed by atoms with Crippen molar-refractivity contribution in [1.82, 2.24) is 15.2 Å². The van der Waals surface area contributed by atoms with E-state index >= 15 is 0 Å². The topological polar surface area (TPSA) is 58.4 Å². The third kappa shape index (κ3) is 4.69. The first-order valence-electron chi connectivity index (χ1n) is 9.10. The van der Waals surface area contributed by atoms with Crippen molar-refractivity contribution in [2.75, 3.05) is 19.6 Å². The zero-order valence-electron chi connectivity index (χ0n) is 15.1. The van der Waals surface area contributed by atoms with Gasteiger partial charge in [-0.3, -0.25) is 14.7 Å². The van der Waals surface area contributed by atoms with Crippen LogP contribution in [0.3, 0.4) is 0 Å². The van der Waals surface area contributed by atoms with Crippen molar-refractivity contribution in [3.8, 4) is 0 Å². The lowest BCUT2D eigenvalue weighted by Gasteiger charge is -2.26. The standard InChI is InChI=1S/C20H27N3O2/c1-15(17-7-9-21-10-8-17)13-20(24)22-14-18(23-11-3-4-12-23)19-6-5-16(2)25-19/h5-10,15,18H,3-4,11-14H2,1-2H3,(H,22,24). The lowest BCUT2D eigenvalue weighted by atomic mass is 9.98. The molecule has 2 atom stereocenters. The minimum atomic E-state index is 0.0804. The van der Waals surface area contributed by atoms with Crippen LogP contribution in [0.2, 0.25) is 0 Å². The van der Waals surface area contributed by atoms with Gasteiger partial charge in [0.25, 0.3) is 0 Å². The molecule has 1 N–H and O–H groups in total. The highest BCUT2D eigenvalue weighted by molar-refractivity contribution is 5.76. The van der Waals surface area contributed by atoms with Crippen molar-refractivity contribution in [2.45, 2.75) is 45.1 Å². The summed E-state index contributed by atoms with van der Waals surface area (Å²) in [6.07, 6.45) is 6.44. The average Bonchev–Trinajstić information content (AvgIpc) is 3.28. The molecule has 5 heteroatoms. The molecule has 0 saturated carbocycles. The Labute approximate surface area is 149 Å². The van der Waals surface area contributed by atoms with Crippen LogP contribution in [0.5, 0.6) is 0 Å². The Balaban J connectivity index is 1.58. The van der Waals surface area contributed by atoms with E-state index < -0.39 is 0 Å². The number of carbonyl (C=O) groups is 1. The number of nitrogens with one attached hydrogen (secondary N) is 1. The summed E-state index contributed by atoms with van der Waals surface area (Å²) in [6, 6.07) is 8.08. The second-order valence-electron chi connectivity index (χ2n) is 6.90. The van der Waals surface area contributed by atoms with Crippen LogP contribution < -0.4 is 5.32 Å². The fraction of sp³-hybridized carbons (Fsp3) is 0.500. The number of aryl methyl sites for hydroxylation is 1. The number of likely N-dealkylation sites (tertiary alicyclic amines) is 1. The summed E-state index contributed by atoms with van der Waals surface area (Å²) in [5, 5.41) is 3.11. The number of nitrogens with zero attached hydrogens (tertiary/aromatic N) is 2. The minimum absolute atomic E-state index is 0.0804. The van der Waals surface area contributed by atoms with Crippen molar-refractivity contribution in [3.63, 3.8) is 0 Å². The van der Waals surface area contributed by atoms with Gasteiger partial charge in [-0.05, 0) is 68.6 Å². The van der Waals surface area contributed by atoms with E-state index in [9.17, 15) is 4.79 Å². The van der Waals surface area contributed by atoms with Crippen LogP contribution in [-0.4, -0.2) is 35.4 Å². The molecule has 3 rings (SSSR count). The van der Waals surface area contributed by atoms with E-state index in [1.165, 1.54) is 12.8 Å². The molecule has 0 aliphatic carbocycles. The third-order valence-corrected chi connectivity index (χ3v) is 4.93. The van der Waals surface area contributed by atoms with Crippen LogP contribution in [0.4, 0.5) is 0 Å². The monoisotopic (exact) mass is 341 g/mol. The zero-order chi connectivity index (χ0) is 17.6. The van der Waals surface area contributed by atoms with Crippen molar-refractivity contribution >= 4 is 5.91 Å². The first-order valence-corrected chi connectivity index (χ1v) is 9.10. The SMILES string of the molecule is Cc1ccc(C(CNC(=O)CC(C)c2ccncc2)N2CCCC2)o1. The number of aromatic nitrogens is 1. The molecule has 5 nitrogen and oxygen atoms in total. The average molecular weight is 341 g/mol. The zero-order valence-corrected chi connectivity index (χ0v) is 15.1. The number of carbonyl (C=O) groups excluding carboxylic acids is 1. The highest BCUT2D eigenvalue weighted by Crippen LogP contribution is 2.26. The van der Waals surface area contributed by atoms with Gasteiger partial charge in [0.15, 0.2) is 0 Å². The van der Waals surface area contributed by atoms with Gasteiger partial charge >= 0.3 is 0 Å². The fourth-order valence-corrected chi connectivity index (χ4v) is 3.47. The molecule has 0 radical (unpaired) electrons. The van der Waals surface area contributed by atoms with Crippen LogP contribution in [0.15, 0.2) is 41.1 Å². The van der Waals surface area contributed by atoms with Crippen LogP contribution in [0.25, 0.3) is 0 Å². The third-order valence-electron chi connectivity index (χ3n) is 4.93. The molecule has 25 heavy (non-hydrogen) atoms. The second-order valence-corrected chi connectivity index (χ2v) is 6.90. The van der Waals surface area contributed by atoms with Gasteiger partial charge < -0.3 is 9.73 Å². The molecule has 2 unspecified atom stereocenters. The molecule has 134 valence electrons. The van der Waals surface area contributed by atoms with Gasteiger partial charge in [-0.2, -0.15) is 0 Å². The Hall–Kier alpha value is -2.14. The number of hydrogen-bond acceptors (Lipinski definition) is 4. The summed E-state index contributed by atoms with van der Waals surface area (Å²) in [5.74, 6) is 2.12. The maximum Gasteiger partial charge on any atom is 0.220 e. The van der Waals surface area contributed by atoms with Crippen LogP contribution in [-0.2, 0) is 4.79 Å². The smallest absolute Gasteiger partial charge is 0.220 e. The molecule has 1 aliphatic heterocycles. The van der Waals surface area contributed by atoms with Crippen molar-refractivity contribution in [3.05, 3.63) is 53.7 Å². The maximum atomic E-state index is 12.4. The van der Waals surface area contributed by atoms with Gasteiger partial charge in [-0.1, -0.05) is 6.92 Å². The first-order chi connectivity index (χ1) is 12.1. The van der Waals surface area contributed by atoms with E-state index in [0.717, 1.165) is 30.2 Å². The van der Waals surface area contributed by atoms with Gasteiger partial charge in [0, 0.05) is 25.4 Å². The summed E-state index contributed by atoms with van der Waals surface area (Å²) >= 11 is 0. The number of rotatable bonds is 7. The van der Waals surface area contributed by atoms with Crippen molar-refractivity contribution in [2.24, 2.45) is 0 Å². The molecule has 1 aliphatic rings. The molecule has 3 heterocycles. The van der Waals surface area contributed by atoms with Gasteiger partial charge in [0.05, 0.1) is 6.04 Å². The highest BCUT2D eigenvalue weighted by Gasteiger charge is 2.26. The maximum absolute atomic E-state index is 12.4. The Kier molecular flexibility index (Phi) is 5.87. The van der Waals surface area contributed by atoms with Crippen LogP contribution >= 0.6 is 0 Å². The Bertz CT molecular complexity index is 677. The lowest BCUT2D eigenvalue weighted by Crippen LogP contribution is -2.36. The normalized spacial score (nSPS) is 17.4.